The number of rotatable bonds is 8. The number of fused-ring (bicyclic) bond motifs is 1. The largest absolute Gasteiger partial charge is 0.481 e. The number of benzene rings is 2. The second-order valence-corrected chi connectivity index (χ2v) is 6.15. The first-order chi connectivity index (χ1) is 12.2. The molecule has 0 amide bonds. The van der Waals surface area contributed by atoms with Gasteiger partial charge in [0.2, 0.25) is 0 Å². The van der Waals surface area contributed by atoms with Crippen LogP contribution in [0.4, 0.5) is 0 Å². The van der Waals surface area contributed by atoms with Crippen LogP contribution >= 0.6 is 0 Å². The zero-order valence-electron chi connectivity index (χ0n) is 14.1. The van der Waals surface area contributed by atoms with Gasteiger partial charge in [0, 0.05) is 13.0 Å². The van der Waals surface area contributed by atoms with Crippen LogP contribution in [0, 0.1) is 0 Å². The molecule has 1 aromatic heterocycles. The van der Waals surface area contributed by atoms with Gasteiger partial charge in [-0.15, -0.1) is 0 Å². The highest BCUT2D eigenvalue weighted by Crippen LogP contribution is 2.18. The number of carbonyl (C=O) groups is 1. The van der Waals surface area contributed by atoms with Gasteiger partial charge in [-0.1, -0.05) is 43.2 Å². The average Bonchev–Trinajstić information content (AvgIpc) is 2.90. The Hall–Kier alpha value is -2.82. The number of aryl methyl sites for hydroxylation is 1. The van der Waals surface area contributed by atoms with Crippen LogP contribution in [0.25, 0.3) is 16.7 Å². The van der Waals surface area contributed by atoms with Crippen LogP contribution in [0.5, 0.6) is 0 Å². The average molecular weight is 338 g/mol. The lowest BCUT2D eigenvalue weighted by molar-refractivity contribution is -0.137. The molecule has 0 unspecified atom stereocenters. The van der Waals surface area contributed by atoms with Crippen molar-refractivity contribution in [1.29, 1.82) is 0 Å². The molecule has 0 saturated carbocycles. The minimum absolute atomic E-state index is 0.0297. The maximum absolute atomic E-state index is 12.9. The molecule has 0 saturated heterocycles. The van der Waals surface area contributed by atoms with E-state index in [1.165, 1.54) is 0 Å². The fourth-order valence-electron chi connectivity index (χ4n) is 3.15. The zero-order valence-corrected chi connectivity index (χ0v) is 14.1. The summed E-state index contributed by atoms with van der Waals surface area (Å²) in [5.41, 5.74) is 2.67. The maximum Gasteiger partial charge on any atom is 0.333 e. The van der Waals surface area contributed by atoms with Gasteiger partial charge in [0.05, 0.1) is 16.7 Å². The molecule has 0 radical (unpaired) electrons. The summed E-state index contributed by atoms with van der Waals surface area (Å²) in [5, 5.41) is 8.67. The molecule has 1 N–H and O–H groups in total. The summed E-state index contributed by atoms with van der Waals surface area (Å²) in [6.07, 6.45) is 3.56. The van der Waals surface area contributed by atoms with Crippen molar-refractivity contribution < 1.29 is 9.90 Å². The fraction of sp³-hybridized carbons (Fsp3) is 0.300. The van der Waals surface area contributed by atoms with Crippen LogP contribution in [0.2, 0.25) is 0 Å². The van der Waals surface area contributed by atoms with E-state index in [0.717, 1.165) is 36.0 Å². The van der Waals surface area contributed by atoms with Gasteiger partial charge in [0.25, 0.3) is 0 Å². The van der Waals surface area contributed by atoms with Crippen LogP contribution in [-0.4, -0.2) is 20.2 Å². The first kappa shape index (κ1) is 17.0. The van der Waals surface area contributed by atoms with Crippen molar-refractivity contribution in [2.45, 2.75) is 38.6 Å². The normalized spacial score (nSPS) is 11.0. The van der Waals surface area contributed by atoms with Crippen molar-refractivity contribution in [1.82, 2.24) is 9.13 Å². The monoisotopic (exact) mass is 338 g/mol. The predicted molar refractivity (Wildman–Crippen MR) is 98.3 cm³/mol. The lowest BCUT2D eigenvalue weighted by Gasteiger charge is -2.03. The summed E-state index contributed by atoms with van der Waals surface area (Å²) in [6.45, 7) is 0.645. The highest BCUT2D eigenvalue weighted by Gasteiger charge is 2.13. The number of hydrogen-bond donors (Lipinski definition) is 1. The molecule has 0 bridgehead atoms. The Morgan fingerprint density at radius 2 is 1.48 bits per heavy atom. The number of aliphatic carboxylic acids is 1. The SMILES string of the molecule is O=C(O)CCCCCCn1c(=O)n(-c2ccccc2)c2ccccc21. The standard InChI is InChI=1S/C20H22N2O3/c23-19(24)14-6-1-2-9-15-21-17-12-7-8-13-18(17)22(20(21)25)16-10-4-3-5-11-16/h3-5,7-8,10-13H,1-2,6,9,14-15H2,(H,23,24). The number of hydrogen-bond acceptors (Lipinski definition) is 2. The summed E-state index contributed by atoms with van der Waals surface area (Å²) in [5.74, 6) is -0.748. The summed E-state index contributed by atoms with van der Waals surface area (Å²) < 4.78 is 3.57. The van der Waals surface area contributed by atoms with Crippen LogP contribution in [0.3, 0.4) is 0 Å². The maximum atomic E-state index is 12.9. The minimum atomic E-state index is -0.748. The van der Waals surface area contributed by atoms with Crippen molar-refractivity contribution in [3.8, 4) is 5.69 Å². The lowest BCUT2D eigenvalue weighted by atomic mass is 10.1. The van der Waals surface area contributed by atoms with Crippen molar-refractivity contribution in [3.63, 3.8) is 0 Å². The number of carboxylic acid groups (broad SMARTS) is 1. The molecule has 0 fully saturated rings. The molecular weight excluding hydrogens is 316 g/mol. The lowest BCUT2D eigenvalue weighted by Crippen LogP contribution is -2.23. The quantitative estimate of drug-likeness (QED) is 0.635. The van der Waals surface area contributed by atoms with Gasteiger partial charge < -0.3 is 5.11 Å². The number of para-hydroxylation sites is 3. The van der Waals surface area contributed by atoms with Crippen LogP contribution < -0.4 is 5.69 Å². The van der Waals surface area contributed by atoms with Gasteiger partial charge >= 0.3 is 11.7 Å². The van der Waals surface area contributed by atoms with E-state index < -0.39 is 5.97 Å². The van der Waals surface area contributed by atoms with Crippen molar-refractivity contribution in [2.75, 3.05) is 0 Å². The van der Waals surface area contributed by atoms with Gasteiger partial charge in [-0.05, 0) is 37.1 Å². The summed E-state index contributed by atoms with van der Waals surface area (Å²) in [6, 6.07) is 17.5. The first-order valence-corrected chi connectivity index (χ1v) is 8.66. The Morgan fingerprint density at radius 1 is 0.840 bits per heavy atom. The predicted octanol–water partition coefficient (Wildman–Crippen LogP) is 3.83. The highest BCUT2D eigenvalue weighted by molar-refractivity contribution is 5.78. The molecule has 0 atom stereocenters. The smallest absolute Gasteiger partial charge is 0.333 e. The topological polar surface area (TPSA) is 64.2 Å². The molecular formula is C20H22N2O3. The van der Waals surface area contributed by atoms with E-state index in [4.69, 9.17) is 5.11 Å². The summed E-state index contributed by atoms with van der Waals surface area (Å²) >= 11 is 0. The van der Waals surface area contributed by atoms with E-state index in [9.17, 15) is 9.59 Å². The first-order valence-electron chi connectivity index (χ1n) is 8.66. The Labute approximate surface area is 146 Å². The van der Waals surface area contributed by atoms with Crippen LogP contribution in [0.1, 0.15) is 32.1 Å². The molecule has 0 aliphatic heterocycles. The van der Waals surface area contributed by atoms with Crippen LogP contribution in [-0.2, 0) is 11.3 Å². The van der Waals surface area contributed by atoms with Crippen molar-refractivity contribution in [3.05, 3.63) is 65.1 Å². The Bertz CT molecular complexity index is 910. The molecule has 3 rings (SSSR count). The van der Waals surface area contributed by atoms with Gasteiger partial charge in [-0.2, -0.15) is 0 Å². The Kier molecular flexibility index (Phi) is 5.33. The molecule has 5 nitrogen and oxygen atoms in total. The molecule has 25 heavy (non-hydrogen) atoms. The van der Waals surface area contributed by atoms with Gasteiger partial charge in [-0.3, -0.25) is 13.9 Å². The van der Waals surface area contributed by atoms with E-state index in [0.29, 0.717) is 13.0 Å². The van der Waals surface area contributed by atoms with E-state index in [1.807, 2.05) is 59.2 Å². The third-order valence-electron chi connectivity index (χ3n) is 4.37. The van der Waals surface area contributed by atoms with Crippen molar-refractivity contribution >= 4 is 17.0 Å². The number of carboxylic acids is 1. The molecule has 3 aromatic rings. The van der Waals surface area contributed by atoms with E-state index in [-0.39, 0.29) is 12.1 Å². The van der Waals surface area contributed by atoms with Gasteiger partial charge in [0.15, 0.2) is 0 Å². The number of imidazole rings is 1. The third-order valence-corrected chi connectivity index (χ3v) is 4.37. The fourth-order valence-corrected chi connectivity index (χ4v) is 3.15. The molecule has 0 aliphatic carbocycles. The Morgan fingerprint density at radius 3 is 2.20 bits per heavy atom. The van der Waals surface area contributed by atoms with E-state index in [2.05, 4.69) is 0 Å². The number of nitrogens with zero attached hydrogens (tertiary/aromatic N) is 2. The molecule has 0 spiro atoms. The molecule has 1 heterocycles. The summed E-state index contributed by atoms with van der Waals surface area (Å²) in [7, 11) is 0. The van der Waals surface area contributed by atoms with Crippen molar-refractivity contribution in [2.24, 2.45) is 0 Å². The third kappa shape index (κ3) is 3.82. The number of aromatic nitrogens is 2. The second-order valence-electron chi connectivity index (χ2n) is 6.15. The van der Waals surface area contributed by atoms with E-state index in [1.54, 1.807) is 4.57 Å². The van der Waals surface area contributed by atoms with Gasteiger partial charge in [-0.25, -0.2) is 4.79 Å². The Balaban J connectivity index is 1.81. The molecule has 2 aromatic carbocycles. The summed E-state index contributed by atoms with van der Waals surface area (Å²) in [4.78, 5) is 23.5. The zero-order chi connectivity index (χ0) is 17.6. The number of unbranched alkanes of at least 4 members (excludes halogenated alkanes) is 3. The second kappa shape index (κ2) is 7.83. The molecule has 5 heteroatoms. The van der Waals surface area contributed by atoms with Crippen LogP contribution in [0.15, 0.2) is 59.4 Å². The highest BCUT2D eigenvalue weighted by atomic mass is 16.4. The molecule has 0 aliphatic rings. The van der Waals surface area contributed by atoms with Gasteiger partial charge in [0.1, 0.15) is 0 Å². The van der Waals surface area contributed by atoms with E-state index >= 15 is 0 Å². The minimum Gasteiger partial charge on any atom is -0.481 e. The molecule has 130 valence electrons.